The molecule has 0 radical (unpaired) electrons. The molecule has 1 aliphatic rings. The van der Waals surface area contributed by atoms with Crippen molar-refractivity contribution in [2.45, 2.75) is 4.90 Å². The Bertz CT molecular complexity index is 652. The van der Waals surface area contributed by atoms with Gasteiger partial charge in [-0.1, -0.05) is 15.9 Å². The third-order valence-corrected chi connectivity index (χ3v) is 4.02. The van der Waals surface area contributed by atoms with E-state index in [1.807, 2.05) is 0 Å². The smallest absolute Gasteiger partial charge is 0.282 e. The van der Waals surface area contributed by atoms with Gasteiger partial charge in [-0.3, -0.25) is 4.79 Å². The number of sulfonamides is 1. The molecule has 92 valence electrons. The third kappa shape index (κ3) is 3.02. The summed E-state index contributed by atoms with van der Waals surface area (Å²) in [5.74, 6) is -0.185. The Morgan fingerprint density at radius 3 is 2.06 bits per heavy atom. The van der Waals surface area contributed by atoms with Gasteiger partial charge in [0, 0.05) is 4.47 Å². The van der Waals surface area contributed by atoms with Crippen LogP contribution in [-0.4, -0.2) is 19.9 Å². The Morgan fingerprint density at radius 1 is 0.944 bits per heavy atom. The number of nitrogens with zero attached hydrogens (tertiary/aromatic N) is 1. The standard InChI is InChI=1S/C12H8BrNO3S/c13-9-1-7-12(8-2-9)18(16,17)14-10-3-5-11(15)6-4-10/h1-8H. The lowest BCUT2D eigenvalue weighted by Crippen LogP contribution is -2.04. The SMILES string of the molecule is O=C1C=CC(=NS(=O)(=O)c2ccc(Br)cc2)C=C1. The molecule has 0 heterocycles. The number of rotatable bonds is 2. The van der Waals surface area contributed by atoms with Gasteiger partial charge >= 0.3 is 0 Å². The van der Waals surface area contributed by atoms with E-state index in [9.17, 15) is 13.2 Å². The maximum absolute atomic E-state index is 11.9. The molecule has 0 aromatic heterocycles. The van der Waals surface area contributed by atoms with Gasteiger partial charge in [-0.25, -0.2) is 0 Å². The fraction of sp³-hybridized carbons (Fsp3) is 0. The first kappa shape index (κ1) is 12.9. The Balaban J connectivity index is 2.36. The molecule has 2 rings (SSSR count). The molecule has 0 N–H and O–H groups in total. The molecule has 0 aliphatic heterocycles. The van der Waals surface area contributed by atoms with E-state index in [4.69, 9.17) is 0 Å². The van der Waals surface area contributed by atoms with E-state index in [0.29, 0.717) is 0 Å². The zero-order valence-corrected chi connectivity index (χ0v) is 11.5. The molecule has 0 bridgehead atoms. The quantitative estimate of drug-likeness (QED) is 0.783. The number of hydrogen-bond acceptors (Lipinski definition) is 3. The van der Waals surface area contributed by atoms with Gasteiger partial charge in [0.15, 0.2) is 5.78 Å². The summed E-state index contributed by atoms with van der Waals surface area (Å²) < 4.78 is 28.3. The first-order valence-corrected chi connectivity index (χ1v) is 7.21. The molecule has 1 aromatic carbocycles. The van der Waals surface area contributed by atoms with E-state index in [1.165, 1.54) is 36.4 Å². The molecule has 6 heteroatoms. The highest BCUT2D eigenvalue weighted by atomic mass is 79.9. The third-order valence-electron chi connectivity index (χ3n) is 2.17. The van der Waals surface area contributed by atoms with Crippen molar-refractivity contribution >= 4 is 37.4 Å². The molecule has 0 saturated heterocycles. The van der Waals surface area contributed by atoms with E-state index >= 15 is 0 Å². The molecule has 1 aliphatic carbocycles. The second-order valence-electron chi connectivity index (χ2n) is 3.51. The minimum Gasteiger partial charge on any atom is -0.290 e. The van der Waals surface area contributed by atoms with Gasteiger partial charge in [0.1, 0.15) is 0 Å². The molecule has 1 aromatic rings. The highest BCUT2D eigenvalue weighted by Gasteiger charge is 2.13. The van der Waals surface area contributed by atoms with Crippen LogP contribution in [-0.2, 0) is 14.8 Å². The van der Waals surface area contributed by atoms with E-state index in [0.717, 1.165) is 4.47 Å². The van der Waals surface area contributed by atoms with Crippen molar-refractivity contribution in [1.29, 1.82) is 0 Å². The predicted octanol–water partition coefficient (Wildman–Crippen LogP) is 2.27. The van der Waals surface area contributed by atoms with Gasteiger partial charge in [-0.05, 0) is 48.6 Å². The van der Waals surface area contributed by atoms with E-state index in [1.54, 1.807) is 12.1 Å². The van der Waals surface area contributed by atoms with Crippen molar-refractivity contribution in [2.75, 3.05) is 0 Å². The van der Waals surface area contributed by atoms with Crippen molar-refractivity contribution in [3.63, 3.8) is 0 Å². The number of benzene rings is 1. The van der Waals surface area contributed by atoms with Crippen molar-refractivity contribution in [3.05, 3.63) is 53.0 Å². The van der Waals surface area contributed by atoms with Gasteiger partial charge < -0.3 is 0 Å². The molecule has 0 fully saturated rings. The Kier molecular flexibility index (Phi) is 3.58. The Hall–Kier alpha value is -1.53. The summed E-state index contributed by atoms with van der Waals surface area (Å²) in [5, 5.41) is 0. The molecule has 0 spiro atoms. The van der Waals surface area contributed by atoms with Crippen LogP contribution < -0.4 is 0 Å². The normalized spacial score (nSPS) is 14.9. The lowest BCUT2D eigenvalue weighted by molar-refractivity contribution is -0.110. The number of hydrogen-bond donors (Lipinski definition) is 0. The van der Waals surface area contributed by atoms with E-state index < -0.39 is 10.0 Å². The Labute approximate surface area is 113 Å². The minimum absolute atomic E-state index is 0.108. The highest BCUT2D eigenvalue weighted by Crippen LogP contribution is 2.17. The summed E-state index contributed by atoms with van der Waals surface area (Å²) in [4.78, 5) is 11.0. The number of allylic oxidation sites excluding steroid dienone is 4. The lowest BCUT2D eigenvalue weighted by atomic mass is 10.2. The highest BCUT2D eigenvalue weighted by molar-refractivity contribution is 9.10. The second kappa shape index (κ2) is 4.99. The van der Waals surface area contributed by atoms with Crippen LogP contribution in [0.4, 0.5) is 0 Å². The zero-order valence-electron chi connectivity index (χ0n) is 9.08. The van der Waals surface area contributed by atoms with Crippen LogP contribution in [0, 0.1) is 0 Å². The zero-order chi connectivity index (χ0) is 13.2. The number of carbonyl (C=O) groups excluding carboxylic acids is 1. The molecule has 0 unspecified atom stereocenters. The number of halogens is 1. The first-order chi connectivity index (χ1) is 8.47. The summed E-state index contributed by atoms with van der Waals surface area (Å²) >= 11 is 3.23. The molecular weight excluding hydrogens is 318 g/mol. The maximum atomic E-state index is 11.9. The summed E-state index contributed by atoms with van der Waals surface area (Å²) in [6.07, 6.45) is 5.29. The Morgan fingerprint density at radius 2 is 1.50 bits per heavy atom. The van der Waals surface area contributed by atoms with Crippen molar-refractivity contribution < 1.29 is 13.2 Å². The van der Waals surface area contributed by atoms with Crippen LogP contribution in [0.15, 0.2) is 62.3 Å². The summed E-state index contributed by atoms with van der Waals surface area (Å²) in [5.41, 5.74) is 0.234. The topological polar surface area (TPSA) is 63.6 Å². The average Bonchev–Trinajstić information content (AvgIpc) is 2.32. The lowest BCUT2D eigenvalue weighted by Gasteiger charge is -2.01. The summed E-state index contributed by atoms with van der Waals surface area (Å²) in [6, 6.07) is 6.18. The van der Waals surface area contributed by atoms with Crippen LogP contribution in [0.25, 0.3) is 0 Å². The fourth-order valence-electron chi connectivity index (χ4n) is 1.31. The molecule has 4 nitrogen and oxygen atoms in total. The largest absolute Gasteiger partial charge is 0.290 e. The monoisotopic (exact) mass is 325 g/mol. The molecule has 0 saturated carbocycles. The van der Waals surface area contributed by atoms with Gasteiger partial charge in [-0.2, -0.15) is 12.8 Å². The number of ketones is 1. The summed E-state index contributed by atoms with van der Waals surface area (Å²) in [7, 11) is -3.74. The number of carbonyl (C=O) groups is 1. The second-order valence-corrected chi connectivity index (χ2v) is 6.03. The van der Waals surface area contributed by atoms with Crippen LogP contribution in [0.1, 0.15) is 0 Å². The van der Waals surface area contributed by atoms with Crippen LogP contribution >= 0.6 is 15.9 Å². The van der Waals surface area contributed by atoms with Crippen molar-refractivity contribution in [3.8, 4) is 0 Å². The maximum Gasteiger partial charge on any atom is 0.282 e. The van der Waals surface area contributed by atoms with Gasteiger partial charge in [0.25, 0.3) is 10.0 Å². The summed E-state index contributed by atoms with van der Waals surface area (Å²) in [6.45, 7) is 0. The molecule has 0 amide bonds. The van der Waals surface area contributed by atoms with Crippen molar-refractivity contribution in [2.24, 2.45) is 4.40 Å². The average molecular weight is 326 g/mol. The van der Waals surface area contributed by atoms with Gasteiger partial charge in [0.2, 0.25) is 0 Å². The van der Waals surface area contributed by atoms with Gasteiger partial charge in [-0.15, -0.1) is 0 Å². The molecular formula is C12H8BrNO3S. The van der Waals surface area contributed by atoms with E-state index in [-0.39, 0.29) is 16.4 Å². The fourth-order valence-corrected chi connectivity index (χ4v) is 2.55. The minimum atomic E-state index is -3.74. The van der Waals surface area contributed by atoms with Crippen LogP contribution in [0.3, 0.4) is 0 Å². The van der Waals surface area contributed by atoms with Crippen LogP contribution in [0.2, 0.25) is 0 Å². The van der Waals surface area contributed by atoms with Gasteiger partial charge in [0.05, 0.1) is 10.6 Å². The van der Waals surface area contributed by atoms with Crippen molar-refractivity contribution in [1.82, 2.24) is 0 Å². The first-order valence-electron chi connectivity index (χ1n) is 4.98. The predicted molar refractivity (Wildman–Crippen MR) is 72.0 cm³/mol. The van der Waals surface area contributed by atoms with E-state index in [2.05, 4.69) is 20.3 Å². The molecule has 0 atom stereocenters. The molecule has 18 heavy (non-hydrogen) atoms. The van der Waals surface area contributed by atoms with Crippen LogP contribution in [0.5, 0.6) is 0 Å².